The summed E-state index contributed by atoms with van der Waals surface area (Å²) in [5.41, 5.74) is 0.388. The second-order valence-electron chi connectivity index (χ2n) is 5.00. The lowest BCUT2D eigenvalue weighted by Gasteiger charge is -2.15. The van der Waals surface area contributed by atoms with Crippen LogP contribution in [0.2, 0.25) is 0 Å². The molecule has 1 amide bonds. The van der Waals surface area contributed by atoms with Crippen LogP contribution in [0.15, 0.2) is 57.3 Å². The highest BCUT2D eigenvalue weighted by Crippen LogP contribution is 2.33. The SMILES string of the molecule is O=C(O)CC1S/C(=N/N=C/c2ccco2)N(c2ccc(F)cc2)C1=O. The van der Waals surface area contributed by atoms with E-state index in [4.69, 9.17) is 9.52 Å². The molecule has 25 heavy (non-hydrogen) atoms. The van der Waals surface area contributed by atoms with E-state index < -0.39 is 22.9 Å². The maximum Gasteiger partial charge on any atom is 0.305 e. The Morgan fingerprint density at radius 1 is 1.36 bits per heavy atom. The third kappa shape index (κ3) is 3.94. The van der Waals surface area contributed by atoms with E-state index in [2.05, 4.69) is 10.2 Å². The molecule has 1 aliphatic rings. The molecule has 1 aromatic heterocycles. The quantitative estimate of drug-likeness (QED) is 0.653. The number of benzene rings is 1. The number of amidine groups is 1. The van der Waals surface area contributed by atoms with Crippen molar-refractivity contribution in [3.05, 3.63) is 54.2 Å². The van der Waals surface area contributed by atoms with Gasteiger partial charge >= 0.3 is 5.97 Å². The molecule has 0 aliphatic carbocycles. The number of carboxylic acid groups (broad SMARTS) is 1. The Balaban J connectivity index is 1.90. The van der Waals surface area contributed by atoms with E-state index in [1.54, 1.807) is 12.1 Å². The largest absolute Gasteiger partial charge is 0.481 e. The van der Waals surface area contributed by atoms with Crippen LogP contribution in [0.4, 0.5) is 10.1 Å². The molecule has 2 heterocycles. The molecule has 0 spiro atoms. The summed E-state index contributed by atoms with van der Waals surface area (Å²) in [4.78, 5) is 24.7. The van der Waals surface area contributed by atoms with Crippen LogP contribution in [0, 0.1) is 5.82 Å². The zero-order valence-electron chi connectivity index (χ0n) is 12.7. The van der Waals surface area contributed by atoms with E-state index in [0.717, 1.165) is 11.8 Å². The number of hydrogen-bond acceptors (Lipinski definition) is 6. The number of thioether (sulfide) groups is 1. The highest BCUT2D eigenvalue weighted by molar-refractivity contribution is 8.16. The lowest BCUT2D eigenvalue weighted by atomic mass is 10.2. The van der Waals surface area contributed by atoms with Gasteiger partial charge in [0, 0.05) is 0 Å². The average molecular weight is 361 g/mol. The van der Waals surface area contributed by atoms with Gasteiger partial charge in [0.15, 0.2) is 5.17 Å². The van der Waals surface area contributed by atoms with Crippen LogP contribution < -0.4 is 4.90 Å². The first-order chi connectivity index (χ1) is 12.0. The Hall–Kier alpha value is -2.94. The predicted octanol–water partition coefficient (Wildman–Crippen LogP) is 2.73. The molecular weight excluding hydrogens is 349 g/mol. The Morgan fingerprint density at radius 3 is 2.76 bits per heavy atom. The second kappa shape index (κ2) is 7.31. The topological polar surface area (TPSA) is 95.5 Å². The number of halogens is 1. The van der Waals surface area contributed by atoms with E-state index >= 15 is 0 Å². The number of aliphatic carboxylic acids is 1. The van der Waals surface area contributed by atoms with Gasteiger partial charge in [0.2, 0.25) is 5.91 Å². The maximum atomic E-state index is 13.1. The Morgan fingerprint density at radius 2 is 2.12 bits per heavy atom. The van der Waals surface area contributed by atoms with Crippen LogP contribution in [-0.2, 0) is 9.59 Å². The number of rotatable bonds is 5. The molecule has 1 N–H and O–H groups in total. The highest BCUT2D eigenvalue weighted by atomic mass is 32.2. The summed E-state index contributed by atoms with van der Waals surface area (Å²) in [6, 6.07) is 8.63. The molecule has 3 rings (SSSR count). The molecule has 7 nitrogen and oxygen atoms in total. The standard InChI is InChI=1S/C16H12FN3O4S/c17-10-3-5-11(6-4-10)20-15(23)13(8-14(21)22)25-16(20)19-18-9-12-2-1-7-24-12/h1-7,9,13H,8H2,(H,21,22)/b18-9+,19-16+. The summed E-state index contributed by atoms with van der Waals surface area (Å²) in [5.74, 6) is -1.50. The fourth-order valence-electron chi connectivity index (χ4n) is 2.15. The van der Waals surface area contributed by atoms with Gasteiger partial charge in [-0.15, -0.1) is 5.10 Å². The fraction of sp³-hybridized carbons (Fsp3) is 0.125. The molecule has 1 unspecified atom stereocenters. The van der Waals surface area contributed by atoms with Gasteiger partial charge in [-0.25, -0.2) is 4.39 Å². The van der Waals surface area contributed by atoms with Crippen LogP contribution in [0.1, 0.15) is 12.2 Å². The first kappa shape index (κ1) is 16.9. The van der Waals surface area contributed by atoms with Gasteiger partial charge in [-0.3, -0.25) is 14.5 Å². The van der Waals surface area contributed by atoms with Crippen molar-refractivity contribution < 1.29 is 23.5 Å². The summed E-state index contributed by atoms with van der Waals surface area (Å²) < 4.78 is 18.2. The zero-order valence-corrected chi connectivity index (χ0v) is 13.5. The third-order valence-electron chi connectivity index (χ3n) is 3.25. The van der Waals surface area contributed by atoms with Crippen LogP contribution in [0.5, 0.6) is 0 Å². The first-order valence-electron chi connectivity index (χ1n) is 7.17. The summed E-state index contributed by atoms with van der Waals surface area (Å²) in [6.07, 6.45) is 2.50. The summed E-state index contributed by atoms with van der Waals surface area (Å²) in [6.45, 7) is 0. The van der Waals surface area contributed by atoms with E-state index in [1.807, 2.05) is 0 Å². The van der Waals surface area contributed by atoms with Crippen LogP contribution in [0.25, 0.3) is 0 Å². The molecular formula is C16H12FN3O4S. The molecule has 0 saturated carbocycles. The zero-order chi connectivity index (χ0) is 17.8. The minimum atomic E-state index is -1.09. The second-order valence-corrected chi connectivity index (χ2v) is 6.17. The molecule has 1 fully saturated rings. The predicted molar refractivity (Wildman–Crippen MR) is 91.3 cm³/mol. The number of furan rings is 1. The molecule has 128 valence electrons. The summed E-state index contributed by atoms with van der Waals surface area (Å²) in [7, 11) is 0. The van der Waals surface area contributed by atoms with Crippen molar-refractivity contribution in [3.8, 4) is 0 Å². The van der Waals surface area contributed by atoms with Gasteiger partial charge in [0.1, 0.15) is 16.8 Å². The number of amides is 1. The molecule has 9 heteroatoms. The minimum Gasteiger partial charge on any atom is -0.481 e. The number of carboxylic acids is 1. The third-order valence-corrected chi connectivity index (χ3v) is 4.38. The van der Waals surface area contributed by atoms with Crippen molar-refractivity contribution >= 4 is 40.7 Å². The molecule has 0 radical (unpaired) electrons. The highest BCUT2D eigenvalue weighted by Gasteiger charge is 2.40. The van der Waals surface area contributed by atoms with Crippen molar-refractivity contribution in [1.82, 2.24) is 0 Å². The first-order valence-corrected chi connectivity index (χ1v) is 8.05. The molecule has 2 aromatic rings. The molecule has 1 atom stereocenters. The molecule has 1 aromatic carbocycles. The van der Waals surface area contributed by atoms with Crippen molar-refractivity contribution in [1.29, 1.82) is 0 Å². The Labute approximate surface area is 145 Å². The number of carbonyl (C=O) groups is 2. The monoisotopic (exact) mass is 361 g/mol. The van der Waals surface area contributed by atoms with E-state index in [9.17, 15) is 14.0 Å². The van der Waals surface area contributed by atoms with Crippen LogP contribution >= 0.6 is 11.8 Å². The van der Waals surface area contributed by atoms with Crippen molar-refractivity contribution in [2.24, 2.45) is 10.2 Å². The van der Waals surface area contributed by atoms with Gasteiger partial charge in [-0.1, -0.05) is 11.8 Å². The fourth-order valence-corrected chi connectivity index (χ4v) is 3.23. The average Bonchev–Trinajstić information content (AvgIpc) is 3.18. The lowest BCUT2D eigenvalue weighted by molar-refractivity contribution is -0.138. The van der Waals surface area contributed by atoms with Gasteiger partial charge in [-0.05, 0) is 36.4 Å². The molecule has 1 saturated heterocycles. The normalized spacial score (nSPS) is 19.2. The van der Waals surface area contributed by atoms with E-state index in [0.29, 0.717) is 11.4 Å². The van der Waals surface area contributed by atoms with Crippen molar-refractivity contribution in [2.45, 2.75) is 11.7 Å². The number of hydrogen-bond donors (Lipinski definition) is 1. The number of carbonyl (C=O) groups excluding carboxylic acids is 1. The Bertz CT molecular complexity index is 834. The lowest BCUT2D eigenvalue weighted by Crippen LogP contribution is -2.32. The molecule has 1 aliphatic heterocycles. The Kier molecular flexibility index (Phi) is 4.94. The maximum absolute atomic E-state index is 13.1. The minimum absolute atomic E-state index is 0.214. The van der Waals surface area contributed by atoms with Crippen LogP contribution in [0.3, 0.4) is 0 Å². The summed E-state index contributed by atoms with van der Waals surface area (Å²) in [5, 5.41) is 16.2. The van der Waals surface area contributed by atoms with Gasteiger partial charge in [0.25, 0.3) is 0 Å². The van der Waals surface area contributed by atoms with E-state index in [-0.39, 0.29) is 11.6 Å². The van der Waals surface area contributed by atoms with Gasteiger partial charge in [0.05, 0.1) is 24.6 Å². The summed E-state index contributed by atoms with van der Waals surface area (Å²) >= 11 is 0.999. The van der Waals surface area contributed by atoms with Gasteiger partial charge in [-0.2, -0.15) is 5.10 Å². The number of anilines is 1. The smallest absolute Gasteiger partial charge is 0.305 e. The molecule has 0 bridgehead atoms. The van der Waals surface area contributed by atoms with Crippen molar-refractivity contribution in [2.75, 3.05) is 4.90 Å². The van der Waals surface area contributed by atoms with Gasteiger partial charge < -0.3 is 9.52 Å². The van der Waals surface area contributed by atoms with Crippen LogP contribution in [-0.4, -0.2) is 33.6 Å². The van der Waals surface area contributed by atoms with Crippen molar-refractivity contribution in [3.63, 3.8) is 0 Å². The van der Waals surface area contributed by atoms with E-state index in [1.165, 1.54) is 41.6 Å². The number of nitrogens with zero attached hydrogens (tertiary/aromatic N) is 3.